The first kappa shape index (κ1) is 18.5. The number of ether oxygens (including phenoxy) is 1. The maximum absolute atomic E-state index is 10.1. The van der Waals surface area contributed by atoms with Gasteiger partial charge in [0.1, 0.15) is 18.1 Å². The van der Waals surface area contributed by atoms with E-state index >= 15 is 0 Å². The van der Waals surface area contributed by atoms with Crippen LogP contribution < -0.4 is 0 Å². The van der Waals surface area contributed by atoms with Gasteiger partial charge in [-0.15, -0.1) is 12.8 Å². The van der Waals surface area contributed by atoms with Gasteiger partial charge in [-0.05, 0) is 74.2 Å². The zero-order chi connectivity index (χ0) is 18.8. The van der Waals surface area contributed by atoms with Crippen molar-refractivity contribution in [3.05, 3.63) is 57.6 Å². The van der Waals surface area contributed by atoms with Crippen LogP contribution in [0.1, 0.15) is 33.4 Å². The SMILES string of the molecule is C#CCOC(C#C)(c1cc(C)c(O)c(C)c1)c1cc(C)c(O)c(C)c1. The molecule has 3 nitrogen and oxygen atoms in total. The highest BCUT2D eigenvalue weighted by Gasteiger charge is 2.35. The summed E-state index contributed by atoms with van der Waals surface area (Å²) in [5.74, 6) is 5.66. The number of hydrogen-bond acceptors (Lipinski definition) is 3. The van der Waals surface area contributed by atoms with Crippen LogP contribution in [0.3, 0.4) is 0 Å². The Bertz CT molecular complexity index is 791. The standard InChI is InChI=1S/C22H22O3/c1-7-9-25-22(8-2,18-10-14(3)20(23)15(4)11-18)19-12-16(5)21(24)17(6)13-19/h1-2,10-13,23-24H,9H2,3-6H3. The van der Waals surface area contributed by atoms with Crippen molar-refractivity contribution >= 4 is 0 Å². The molecule has 0 aromatic heterocycles. The maximum Gasteiger partial charge on any atom is 0.180 e. The molecular formula is C22H22O3. The topological polar surface area (TPSA) is 49.7 Å². The van der Waals surface area contributed by atoms with Crippen LogP contribution in [0.25, 0.3) is 0 Å². The van der Waals surface area contributed by atoms with Crippen molar-refractivity contribution < 1.29 is 14.9 Å². The van der Waals surface area contributed by atoms with Crippen molar-refractivity contribution in [2.75, 3.05) is 6.61 Å². The highest BCUT2D eigenvalue weighted by atomic mass is 16.5. The van der Waals surface area contributed by atoms with Crippen LogP contribution in [0.5, 0.6) is 11.5 Å². The van der Waals surface area contributed by atoms with E-state index in [0.29, 0.717) is 33.4 Å². The lowest BCUT2D eigenvalue weighted by Crippen LogP contribution is -2.30. The highest BCUT2D eigenvalue weighted by molar-refractivity contribution is 5.54. The molecule has 0 aliphatic carbocycles. The van der Waals surface area contributed by atoms with Crippen LogP contribution in [-0.2, 0) is 10.3 Å². The molecule has 0 unspecified atom stereocenters. The summed E-state index contributed by atoms with van der Waals surface area (Å²) in [7, 11) is 0. The first-order chi connectivity index (χ1) is 11.8. The summed E-state index contributed by atoms with van der Waals surface area (Å²) in [6, 6.07) is 7.21. The van der Waals surface area contributed by atoms with Gasteiger partial charge in [-0.1, -0.05) is 11.8 Å². The second-order valence-corrected chi connectivity index (χ2v) is 6.24. The maximum atomic E-state index is 10.1. The average molecular weight is 334 g/mol. The lowest BCUT2D eigenvalue weighted by Gasteiger charge is -2.31. The summed E-state index contributed by atoms with van der Waals surface area (Å²) in [5.41, 5.74) is 3.01. The van der Waals surface area contributed by atoms with Crippen molar-refractivity contribution in [2.45, 2.75) is 33.3 Å². The molecule has 2 N–H and O–H groups in total. The molecule has 0 radical (unpaired) electrons. The molecule has 0 amide bonds. The molecule has 0 aliphatic heterocycles. The molecule has 2 aromatic carbocycles. The van der Waals surface area contributed by atoms with Crippen molar-refractivity contribution in [3.63, 3.8) is 0 Å². The minimum Gasteiger partial charge on any atom is -0.507 e. The van der Waals surface area contributed by atoms with Gasteiger partial charge in [0.25, 0.3) is 0 Å². The zero-order valence-corrected chi connectivity index (χ0v) is 15.0. The second-order valence-electron chi connectivity index (χ2n) is 6.24. The number of rotatable bonds is 4. The molecule has 0 saturated carbocycles. The summed E-state index contributed by atoms with van der Waals surface area (Å²) < 4.78 is 5.96. The van der Waals surface area contributed by atoms with E-state index in [1.165, 1.54) is 0 Å². The molecule has 0 saturated heterocycles. The van der Waals surface area contributed by atoms with E-state index in [9.17, 15) is 10.2 Å². The van der Waals surface area contributed by atoms with Crippen molar-refractivity contribution in [2.24, 2.45) is 0 Å². The molecule has 0 bridgehead atoms. The molecule has 0 fully saturated rings. The third kappa shape index (κ3) is 3.20. The van der Waals surface area contributed by atoms with Gasteiger partial charge in [0, 0.05) is 11.1 Å². The third-order valence-corrected chi connectivity index (χ3v) is 4.37. The van der Waals surface area contributed by atoms with Crippen LogP contribution in [0.15, 0.2) is 24.3 Å². The molecule has 0 spiro atoms. The molecule has 0 atom stereocenters. The van der Waals surface area contributed by atoms with Gasteiger partial charge >= 0.3 is 0 Å². The van der Waals surface area contributed by atoms with Crippen LogP contribution in [-0.4, -0.2) is 16.8 Å². The van der Waals surface area contributed by atoms with E-state index in [4.69, 9.17) is 17.6 Å². The van der Waals surface area contributed by atoms with E-state index in [2.05, 4.69) is 11.8 Å². The molecule has 2 aromatic rings. The van der Waals surface area contributed by atoms with Crippen LogP contribution in [0.4, 0.5) is 0 Å². The minimum absolute atomic E-state index is 0.0299. The molecular weight excluding hydrogens is 312 g/mol. The van der Waals surface area contributed by atoms with Gasteiger partial charge in [0.15, 0.2) is 5.60 Å². The smallest absolute Gasteiger partial charge is 0.180 e. The Balaban J connectivity index is 2.80. The van der Waals surface area contributed by atoms with Gasteiger partial charge in [0.05, 0.1) is 0 Å². The highest BCUT2D eigenvalue weighted by Crippen LogP contribution is 2.39. The molecule has 0 aliphatic rings. The van der Waals surface area contributed by atoms with Gasteiger partial charge in [-0.25, -0.2) is 0 Å². The number of hydrogen-bond donors (Lipinski definition) is 2. The van der Waals surface area contributed by atoms with E-state index in [1.807, 2.05) is 27.7 Å². The number of terminal acetylenes is 2. The number of benzene rings is 2. The lowest BCUT2D eigenvalue weighted by atomic mass is 9.83. The molecule has 2 rings (SSSR count). The van der Waals surface area contributed by atoms with Gasteiger partial charge in [-0.3, -0.25) is 0 Å². The van der Waals surface area contributed by atoms with Gasteiger partial charge in [0.2, 0.25) is 0 Å². The fourth-order valence-corrected chi connectivity index (χ4v) is 3.01. The first-order valence-electron chi connectivity index (χ1n) is 7.93. The Morgan fingerprint density at radius 1 is 0.840 bits per heavy atom. The summed E-state index contributed by atoms with van der Waals surface area (Å²) >= 11 is 0. The van der Waals surface area contributed by atoms with Crippen molar-refractivity contribution in [3.8, 4) is 36.2 Å². The fourth-order valence-electron chi connectivity index (χ4n) is 3.01. The summed E-state index contributed by atoms with van der Waals surface area (Å²) in [4.78, 5) is 0. The first-order valence-corrected chi connectivity index (χ1v) is 7.93. The molecule has 3 heteroatoms. The Labute approximate surface area is 149 Å². The molecule has 25 heavy (non-hydrogen) atoms. The molecule has 128 valence electrons. The largest absolute Gasteiger partial charge is 0.507 e. The third-order valence-electron chi connectivity index (χ3n) is 4.37. The van der Waals surface area contributed by atoms with Crippen molar-refractivity contribution in [1.82, 2.24) is 0 Å². The summed E-state index contributed by atoms with van der Waals surface area (Å²) in [6.45, 7) is 7.26. The number of aromatic hydroxyl groups is 2. The van der Waals surface area contributed by atoms with Crippen molar-refractivity contribution in [1.29, 1.82) is 0 Å². The monoisotopic (exact) mass is 334 g/mol. The van der Waals surface area contributed by atoms with E-state index < -0.39 is 5.60 Å². The van der Waals surface area contributed by atoms with Crippen LogP contribution in [0.2, 0.25) is 0 Å². The van der Waals surface area contributed by atoms with E-state index in [0.717, 1.165) is 0 Å². The summed E-state index contributed by atoms with van der Waals surface area (Å²) in [6.07, 6.45) is 11.3. The zero-order valence-electron chi connectivity index (χ0n) is 15.0. The second kappa shape index (κ2) is 6.93. The quantitative estimate of drug-likeness (QED) is 0.835. The van der Waals surface area contributed by atoms with E-state index in [1.54, 1.807) is 24.3 Å². The number of phenolic OH excluding ortho intramolecular Hbond substituents is 2. The lowest BCUT2D eigenvalue weighted by molar-refractivity contribution is 0.0500. The fraction of sp³-hybridized carbons (Fsp3) is 0.273. The van der Waals surface area contributed by atoms with Crippen LogP contribution in [0, 0.1) is 52.4 Å². The Kier molecular flexibility index (Phi) is 5.12. The predicted octanol–water partition coefficient (Wildman–Crippen LogP) is 3.86. The number of aryl methyl sites for hydroxylation is 4. The normalized spacial score (nSPS) is 11.0. The predicted molar refractivity (Wildman–Crippen MR) is 99.6 cm³/mol. The van der Waals surface area contributed by atoms with Gasteiger partial charge in [-0.2, -0.15) is 0 Å². The summed E-state index contributed by atoms with van der Waals surface area (Å²) in [5, 5.41) is 20.2. The van der Waals surface area contributed by atoms with E-state index in [-0.39, 0.29) is 18.1 Å². The average Bonchev–Trinajstić information content (AvgIpc) is 2.58. The Hall–Kier alpha value is -2.88. The number of phenols is 2. The Morgan fingerprint density at radius 2 is 1.20 bits per heavy atom. The van der Waals surface area contributed by atoms with Gasteiger partial charge < -0.3 is 14.9 Å². The minimum atomic E-state index is -1.21. The Morgan fingerprint density at radius 3 is 1.48 bits per heavy atom. The molecule has 0 heterocycles. The van der Waals surface area contributed by atoms with Crippen LogP contribution >= 0.6 is 0 Å².